The number of phenolic OH excluding ortho intramolecular Hbond substituents is 1. The molecule has 23 heavy (non-hydrogen) atoms. The van der Waals surface area contributed by atoms with E-state index in [0.29, 0.717) is 24.7 Å². The monoisotopic (exact) mass is 332 g/mol. The first-order valence-electron chi connectivity index (χ1n) is 7.36. The van der Waals surface area contributed by atoms with E-state index in [2.05, 4.69) is 26.8 Å². The van der Waals surface area contributed by atoms with Crippen LogP contribution in [0.4, 0.5) is 0 Å². The van der Waals surface area contributed by atoms with Crippen molar-refractivity contribution in [3.05, 3.63) is 28.8 Å². The van der Waals surface area contributed by atoms with Crippen molar-refractivity contribution in [1.29, 1.82) is 0 Å². The van der Waals surface area contributed by atoms with Crippen molar-refractivity contribution in [1.82, 2.24) is 4.90 Å². The fourth-order valence-corrected chi connectivity index (χ4v) is 2.95. The Morgan fingerprint density at radius 1 is 1.43 bits per heavy atom. The summed E-state index contributed by atoms with van der Waals surface area (Å²) >= 11 is 6.34. The van der Waals surface area contributed by atoms with Gasteiger partial charge in [-0.1, -0.05) is 17.5 Å². The molecule has 3 rings (SSSR count). The van der Waals surface area contributed by atoms with Crippen LogP contribution in [0.2, 0.25) is 5.02 Å². The maximum absolute atomic E-state index is 9.81. The molecule has 1 aromatic rings. The van der Waals surface area contributed by atoms with Crippen LogP contribution < -0.4 is 5.73 Å². The Hall–Kier alpha value is -2.23. The number of halogens is 1. The van der Waals surface area contributed by atoms with Gasteiger partial charge in [0.15, 0.2) is 0 Å². The Kier molecular flexibility index (Phi) is 4.70. The third-order valence-corrected chi connectivity index (χ3v) is 4.09. The van der Waals surface area contributed by atoms with Gasteiger partial charge in [-0.2, -0.15) is 9.98 Å². The van der Waals surface area contributed by atoms with Crippen LogP contribution in [0, 0.1) is 12.0 Å². The Bertz CT molecular complexity index is 721. The first-order valence-corrected chi connectivity index (χ1v) is 7.74. The zero-order chi connectivity index (χ0) is 16.2. The number of phenols is 1. The molecule has 0 unspecified atom stereocenters. The third kappa shape index (κ3) is 3.58. The molecule has 0 spiro atoms. The minimum absolute atomic E-state index is 0.149. The highest BCUT2D eigenvalue weighted by molar-refractivity contribution is 6.31. The average molecular weight is 333 g/mol. The van der Waals surface area contributed by atoms with Gasteiger partial charge in [-0.25, -0.2) is 0 Å². The van der Waals surface area contributed by atoms with Crippen molar-refractivity contribution in [3.8, 4) is 17.7 Å². The van der Waals surface area contributed by atoms with Crippen molar-refractivity contribution < 1.29 is 9.84 Å². The van der Waals surface area contributed by atoms with Crippen LogP contribution in [0.3, 0.4) is 0 Å². The Labute approximate surface area is 139 Å². The molecule has 0 bridgehead atoms. The molecule has 1 saturated heterocycles. The molecular weight excluding hydrogens is 316 g/mol. The zero-order valence-electron chi connectivity index (χ0n) is 12.5. The molecule has 6 nitrogen and oxygen atoms in total. The van der Waals surface area contributed by atoms with Gasteiger partial charge in [-0.15, -0.1) is 0 Å². The van der Waals surface area contributed by atoms with Crippen LogP contribution in [0.15, 0.2) is 28.2 Å². The second kappa shape index (κ2) is 6.90. The summed E-state index contributed by atoms with van der Waals surface area (Å²) in [4.78, 5) is 10.3. The molecule has 2 aliphatic rings. The van der Waals surface area contributed by atoms with Gasteiger partial charge in [0.1, 0.15) is 11.6 Å². The topological polar surface area (TPSA) is 83.4 Å². The zero-order valence-corrected chi connectivity index (χ0v) is 13.3. The summed E-state index contributed by atoms with van der Waals surface area (Å²) in [6, 6.07) is 7.37. The van der Waals surface area contributed by atoms with E-state index < -0.39 is 0 Å². The van der Waals surface area contributed by atoms with Crippen LogP contribution in [-0.4, -0.2) is 41.6 Å². The number of guanidine groups is 1. The Morgan fingerprint density at radius 2 is 2.30 bits per heavy atom. The molecule has 1 fully saturated rings. The summed E-state index contributed by atoms with van der Waals surface area (Å²) in [5.74, 6) is 3.99. The highest BCUT2D eigenvalue weighted by atomic mass is 35.5. The van der Waals surface area contributed by atoms with Crippen molar-refractivity contribution >= 4 is 23.4 Å². The second-order valence-corrected chi connectivity index (χ2v) is 5.71. The lowest BCUT2D eigenvalue weighted by molar-refractivity contribution is 0.118. The quantitative estimate of drug-likeness (QED) is 0.769. The van der Waals surface area contributed by atoms with Gasteiger partial charge in [0, 0.05) is 24.2 Å². The molecule has 1 aromatic carbocycles. The number of amidine groups is 1. The van der Waals surface area contributed by atoms with Crippen LogP contribution in [-0.2, 0) is 4.74 Å². The first-order chi connectivity index (χ1) is 11.1. The molecule has 0 saturated carbocycles. The highest BCUT2D eigenvalue weighted by Crippen LogP contribution is 2.33. The van der Waals surface area contributed by atoms with Gasteiger partial charge in [-0.3, -0.25) is 0 Å². The van der Waals surface area contributed by atoms with Crippen LogP contribution in [0.1, 0.15) is 24.4 Å². The SMILES string of the molecule is NC1=NC#CCC(N2CCCOC[C@H]2c2cc(O)ccc2Cl)=N1. The lowest BCUT2D eigenvalue weighted by atomic mass is 10.0. The minimum atomic E-state index is -0.163. The van der Waals surface area contributed by atoms with E-state index in [1.165, 1.54) is 0 Å². The molecule has 120 valence electrons. The fourth-order valence-electron chi connectivity index (χ4n) is 2.71. The van der Waals surface area contributed by atoms with E-state index in [9.17, 15) is 5.11 Å². The van der Waals surface area contributed by atoms with Crippen molar-refractivity contribution in [2.75, 3.05) is 19.8 Å². The summed E-state index contributed by atoms with van der Waals surface area (Å²) < 4.78 is 5.70. The number of rotatable bonds is 1. The van der Waals surface area contributed by atoms with Crippen molar-refractivity contribution in [2.45, 2.75) is 18.9 Å². The lowest BCUT2D eigenvalue weighted by Gasteiger charge is -2.32. The molecule has 0 aromatic heterocycles. The molecule has 0 radical (unpaired) electrons. The third-order valence-electron chi connectivity index (χ3n) is 3.75. The van der Waals surface area contributed by atoms with Gasteiger partial charge >= 0.3 is 0 Å². The molecule has 2 heterocycles. The van der Waals surface area contributed by atoms with Crippen LogP contribution in [0.25, 0.3) is 0 Å². The number of benzene rings is 1. The molecule has 7 heteroatoms. The van der Waals surface area contributed by atoms with Crippen LogP contribution in [0.5, 0.6) is 5.75 Å². The normalized spacial score (nSPS) is 21.4. The van der Waals surface area contributed by atoms with Crippen molar-refractivity contribution in [3.63, 3.8) is 0 Å². The van der Waals surface area contributed by atoms with E-state index in [1.54, 1.807) is 18.2 Å². The number of hydrogen-bond donors (Lipinski definition) is 2. The summed E-state index contributed by atoms with van der Waals surface area (Å²) in [6.07, 6.45) is 1.31. The Morgan fingerprint density at radius 3 is 3.17 bits per heavy atom. The number of hydrogen-bond acceptors (Lipinski definition) is 6. The molecule has 0 amide bonds. The number of ether oxygens (including phenoxy) is 1. The Balaban J connectivity index is 2.00. The molecule has 2 aliphatic heterocycles. The van der Waals surface area contributed by atoms with E-state index in [-0.39, 0.29) is 17.8 Å². The van der Waals surface area contributed by atoms with Gasteiger partial charge in [-0.05, 0) is 30.2 Å². The maximum atomic E-state index is 9.81. The number of aromatic hydroxyl groups is 1. The summed E-state index contributed by atoms with van der Waals surface area (Å²) in [6.45, 7) is 1.85. The van der Waals surface area contributed by atoms with E-state index >= 15 is 0 Å². The summed E-state index contributed by atoms with van der Waals surface area (Å²) in [5, 5.41) is 10.4. The second-order valence-electron chi connectivity index (χ2n) is 5.31. The number of aliphatic imine (C=N–C) groups is 2. The predicted molar refractivity (Wildman–Crippen MR) is 89.5 cm³/mol. The van der Waals surface area contributed by atoms with Gasteiger partial charge in [0.05, 0.1) is 19.1 Å². The van der Waals surface area contributed by atoms with Gasteiger partial charge in [0.2, 0.25) is 5.96 Å². The number of nitrogens with zero attached hydrogens (tertiary/aromatic N) is 3. The predicted octanol–water partition coefficient (Wildman–Crippen LogP) is 1.89. The van der Waals surface area contributed by atoms with E-state index in [4.69, 9.17) is 22.1 Å². The molecule has 1 atom stereocenters. The first kappa shape index (κ1) is 15.7. The average Bonchev–Trinajstić information content (AvgIpc) is 2.89. The maximum Gasteiger partial charge on any atom is 0.230 e. The summed E-state index contributed by atoms with van der Waals surface area (Å²) in [5.41, 5.74) is 6.54. The summed E-state index contributed by atoms with van der Waals surface area (Å²) in [7, 11) is 0. The van der Waals surface area contributed by atoms with Gasteiger partial charge in [0.25, 0.3) is 0 Å². The molecule has 3 N–H and O–H groups in total. The highest BCUT2D eigenvalue weighted by Gasteiger charge is 2.28. The van der Waals surface area contributed by atoms with Crippen molar-refractivity contribution in [2.24, 2.45) is 15.7 Å². The van der Waals surface area contributed by atoms with E-state index in [1.807, 2.05) is 0 Å². The standard InChI is InChI=1S/C16H17ClN4O2/c17-13-5-4-11(22)9-12(13)14-10-23-8-2-7-21(14)15-3-1-6-19-16(18)20-15/h4-5,9,14,22H,2-3,7-8,10H2,(H2,18,19)/t14-/m0/s1. The van der Waals surface area contributed by atoms with Crippen LogP contribution >= 0.6 is 11.6 Å². The van der Waals surface area contributed by atoms with Gasteiger partial charge < -0.3 is 20.5 Å². The smallest absolute Gasteiger partial charge is 0.230 e. The fraction of sp³-hybridized carbons (Fsp3) is 0.375. The molecule has 0 aliphatic carbocycles. The number of nitrogens with two attached hydrogens (primary N) is 1. The molecular formula is C16H17ClN4O2. The largest absolute Gasteiger partial charge is 0.508 e. The van der Waals surface area contributed by atoms with E-state index in [0.717, 1.165) is 24.4 Å². The minimum Gasteiger partial charge on any atom is -0.508 e. The lowest BCUT2D eigenvalue weighted by Crippen LogP contribution is -2.37.